The number of ketones is 1. The maximum Gasteiger partial charge on any atom is 0.302 e. The molecule has 1 atom stereocenters. The van der Waals surface area contributed by atoms with Crippen LogP contribution in [0.2, 0.25) is 5.04 Å². The van der Waals surface area contributed by atoms with E-state index in [4.69, 9.17) is 9.16 Å². The average Bonchev–Trinajstić information content (AvgIpc) is 2.91. The van der Waals surface area contributed by atoms with Gasteiger partial charge >= 0.3 is 5.97 Å². The van der Waals surface area contributed by atoms with Gasteiger partial charge in [-0.25, -0.2) is 0 Å². The van der Waals surface area contributed by atoms with E-state index in [0.717, 1.165) is 32.1 Å². The third kappa shape index (κ3) is 8.51. The standard InChI is InChI=1S/C33H45NO4Si/c1-26(35)22-23-34-30(21-20-28-14-12-13-15-29(28)24-37-27(2)36)25-38-39(33(3,4)5,31-16-8-6-9-17-31)32-18-10-7-11-19-32/h6-11,16-19,22-23,30,34H,12-15,20-21,24-25H2,1-5H3/b23-22+/t30-/m1/s1. The third-order valence-corrected chi connectivity index (χ3v) is 12.5. The van der Waals surface area contributed by atoms with Gasteiger partial charge in [-0.2, -0.15) is 0 Å². The minimum atomic E-state index is -2.68. The molecule has 5 nitrogen and oxygen atoms in total. The summed E-state index contributed by atoms with van der Waals surface area (Å²) in [5.74, 6) is -0.229. The van der Waals surface area contributed by atoms with E-state index in [1.165, 1.54) is 34.9 Å². The Morgan fingerprint density at radius 1 is 0.923 bits per heavy atom. The number of hydrogen-bond donors (Lipinski definition) is 1. The van der Waals surface area contributed by atoms with Gasteiger partial charge in [-0.05, 0) is 72.5 Å². The molecule has 0 radical (unpaired) electrons. The molecule has 1 N–H and O–H groups in total. The van der Waals surface area contributed by atoms with E-state index in [9.17, 15) is 9.59 Å². The van der Waals surface area contributed by atoms with E-state index in [2.05, 4.69) is 86.8 Å². The highest BCUT2D eigenvalue weighted by molar-refractivity contribution is 6.99. The number of esters is 1. The van der Waals surface area contributed by atoms with Crippen molar-refractivity contribution in [1.82, 2.24) is 5.32 Å². The van der Waals surface area contributed by atoms with Gasteiger partial charge in [0, 0.05) is 19.2 Å². The Bertz CT molecular complexity index is 1100. The maximum absolute atomic E-state index is 11.6. The average molecular weight is 548 g/mol. The number of rotatable bonds is 13. The zero-order valence-corrected chi connectivity index (χ0v) is 25.3. The first-order valence-electron chi connectivity index (χ1n) is 14.1. The molecule has 3 rings (SSSR count). The summed E-state index contributed by atoms with van der Waals surface area (Å²) in [4.78, 5) is 23.0. The number of carbonyl (C=O) groups excluding carboxylic acids is 2. The van der Waals surface area contributed by atoms with E-state index < -0.39 is 8.32 Å². The van der Waals surface area contributed by atoms with Crippen LogP contribution >= 0.6 is 0 Å². The normalized spacial score (nSPS) is 15.3. The molecule has 2 aromatic carbocycles. The quantitative estimate of drug-likeness (QED) is 0.148. The largest absolute Gasteiger partial charge is 0.461 e. The molecule has 0 fully saturated rings. The van der Waals surface area contributed by atoms with Crippen molar-refractivity contribution in [3.8, 4) is 0 Å². The zero-order chi connectivity index (χ0) is 28.3. The minimum absolute atomic E-state index is 0.00723. The van der Waals surface area contributed by atoms with Crippen LogP contribution in [0.1, 0.15) is 73.1 Å². The third-order valence-electron chi connectivity index (χ3n) is 7.52. The Morgan fingerprint density at radius 3 is 2.00 bits per heavy atom. The van der Waals surface area contributed by atoms with E-state index >= 15 is 0 Å². The van der Waals surface area contributed by atoms with E-state index in [0.29, 0.717) is 13.2 Å². The second kappa shape index (κ2) is 14.4. The smallest absolute Gasteiger partial charge is 0.302 e. The fraction of sp³-hybridized carbons (Fsp3) is 0.455. The molecule has 6 heteroatoms. The van der Waals surface area contributed by atoms with Crippen LogP contribution in [-0.2, 0) is 18.8 Å². The Kier molecular flexibility index (Phi) is 11.3. The van der Waals surface area contributed by atoms with Crippen molar-refractivity contribution < 1.29 is 18.8 Å². The number of nitrogens with one attached hydrogen (secondary N) is 1. The fourth-order valence-corrected chi connectivity index (χ4v) is 10.2. The van der Waals surface area contributed by atoms with Crippen LogP contribution in [0.3, 0.4) is 0 Å². The van der Waals surface area contributed by atoms with E-state index in [-0.39, 0.29) is 22.8 Å². The summed E-state index contributed by atoms with van der Waals surface area (Å²) in [7, 11) is -2.68. The highest BCUT2D eigenvalue weighted by Gasteiger charge is 2.50. The van der Waals surface area contributed by atoms with Gasteiger partial charge < -0.3 is 14.5 Å². The Labute approximate surface area is 235 Å². The molecular formula is C33H45NO4Si. The molecule has 0 saturated heterocycles. The molecule has 39 heavy (non-hydrogen) atoms. The van der Waals surface area contributed by atoms with Crippen molar-refractivity contribution in [2.75, 3.05) is 13.2 Å². The lowest BCUT2D eigenvalue weighted by Crippen LogP contribution is -2.67. The lowest BCUT2D eigenvalue weighted by Gasteiger charge is -2.43. The predicted octanol–water partition coefficient (Wildman–Crippen LogP) is 5.84. The van der Waals surface area contributed by atoms with Crippen molar-refractivity contribution in [2.24, 2.45) is 0 Å². The topological polar surface area (TPSA) is 64.6 Å². The molecular weight excluding hydrogens is 502 g/mol. The summed E-state index contributed by atoms with van der Waals surface area (Å²) >= 11 is 0. The number of hydrogen-bond acceptors (Lipinski definition) is 5. The molecule has 0 saturated carbocycles. The van der Waals surface area contributed by atoms with Gasteiger partial charge in [-0.3, -0.25) is 9.59 Å². The van der Waals surface area contributed by atoms with Gasteiger partial charge in [0.05, 0.1) is 6.61 Å². The summed E-state index contributed by atoms with van der Waals surface area (Å²) in [6.45, 7) is 10.8. The predicted molar refractivity (Wildman–Crippen MR) is 162 cm³/mol. The van der Waals surface area contributed by atoms with Gasteiger partial charge in [0.2, 0.25) is 0 Å². The maximum atomic E-state index is 11.6. The second-order valence-electron chi connectivity index (χ2n) is 11.5. The van der Waals surface area contributed by atoms with Crippen LogP contribution in [0.15, 0.2) is 84.1 Å². The summed E-state index contributed by atoms with van der Waals surface area (Å²) < 4.78 is 12.6. The SMILES string of the molecule is CC(=O)/C=C/N[C@H](CCC1=C(COC(C)=O)CCCC1)CO[Si](c1ccccc1)(c1ccccc1)C(C)(C)C. The summed E-state index contributed by atoms with van der Waals surface area (Å²) in [6.07, 6.45) is 9.44. The summed E-state index contributed by atoms with van der Waals surface area (Å²) in [6, 6.07) is 21.3. The Morgan fingerprint density at radius 2 is 1.49 bits per heavy atom. The lowest BCUT2D eigenvalue weighted by molar-refractivity contribution is -0.140. The van der Waals surface area contributed by atoms with E-state index in [1.54, 1.807) is 19.2 Å². The van der Waals surface area contributed by atoms with Gasteiger partial charge in [-0.15, -0.1) is 0 Å². The van der Waals surface area contributed by atoms with Gasteiger partial charge in [0.25, 0.3) is 8.32 Å². The Balaban J connectivity index is 1.90. The van der Waals surface area contributed by atoms with Crippen LogP contribution in [0.4, 0.5) is 0 Å². The summed E-state index contributed by atoms with van der Waals surface area (Å²) in [5, 5.41) is 5.86. The first kappa shape index (κ1) is 30.6. The molecule has 1 aliphatic rings. The lowest BCUT2D eigenvalue weighted by atomic mass is 9.88. The Hall–Kier alpha value is -2.96. The van der Waals surface area contributed by atoms with Gasteiger partial charge in [0.1, 0.15) is 6.61 Å². The molecule has 0 unspecified atom stereocenters. The fourth-order valence-electron chi connectivity index (χ4n) is 5.55. The highest BCUT2D eigenvalue weighted by Crippen LogP contribution is 2.37. The highest BCUT2D eigenvalue weighted by atomic mass is 28.4. The van der Waals surface area contributed by atoms with E-state index in [1.807, 2.05) is 0 Å². The number of ether oxygens (including phenoxy) is 1. The molecule has 210 valence electrons. The van der Waals surface area contributed by atoms with Crippen molar-refractivity contribution >= 4 is 30.4 Å². The molecule has 2 aromatic rings. The minimum Gasteiger partial charge on any atom is -0.461 e. The van der Waals surface area contributed by atoms with Crippen LogP contribution in [0.25, 0.3) is 0 Å². The first-order chi connectivity index (χ1) is 18.6. The van der Waals surface area contributed by atoms with Crippen LogP contribution in [0.5, 0.6) is 0 Å². The van der Waals surface area contributed by atoms with Crippen molar-refractivity contribution in [2.45, 2.75) is 84.2 Å². The van der Waals surface area contributed by atoms with Crippen molar-refractivity contribution in [3.63, 3.8) is 0 Å². The number of allylic oxidation sites excluding steroid dienone is 2. The molecule has 0 aromatic heterocycles. The molecule has 0 heterocycles. The van der Waals surface area contributed by atoms with Gasteiger partial charge in [0.15, 0.2) is 5.78 Å². The first-order valence-corrected chi connectivity index (χ1v) is 16.1. The molecule has 0 bridgehead atoms. The van der Waals surface area contributed by atoms with Gasteiger partial charge in [-0.1, -0.05) is 87.0 Å². The summed E-state index contributed by atoms with van der Waals surface area (Å²) in [5.41, 5.74) is 2.66. The second-order valence-corrected chi connectivity index (χ2v) is 15.8. The molecule has 0 aliphatic heterocycles. The zero-order valence-electron chi connectivity index (χ0n) is 24.3. The monoisotopic (exact) mass is 547 g/mol. The van der Waals surface area contributed by atoms with Crippen LogP contribution in [-0.4, -0.2) is 39.3 Å². The van der Waals surface area contributed by atoms with Crippen LogP contribution in [0, 0.1) is 0 Å². The number of benzene rings is 2. The van der Waals surface area contributed by atoms with Crippen molar-refractivity contribution in [3.05, 3.63) is 84.1 Å². The van der Waals surface area contributed by atoms with Crippen LogP contribution < -0.4 is 15.7 Å². The van der Waals surface area contributed by atoms with Crippen molar-refractivity contribution in [1.29, 1.82) is 0 Å². The molecule has 1 aliphatic carbocycles. The molecule has 0 spiro atoms. The number of carbonyl (C=O) groups is 2. The molecule has 0 amide bonds.